The predicted octanol–water partition coefficient (Wildman–Crippen LogP) is 6.22. The molecule has 0 radical (unpaired) electrons. The summed E-state index contributed by atoms with van der Waals surface area (Å²) in [5.74, 6) is 1.47. The first-order valence-electron chi connectivity index (χ1n) is 7.35. The number of hydrogen-bond acceptors (Lipinski definition) is 3. The molecule has 0 saturated carbocycles. The van der Waals surface area contributed by atoms with Gasteiger partial charge in [0.2, 0.25) is 0 Å². The maximum absolute atomic E-state index is 6.31. The summed E-state index contributed by atoms with van der Waals surface area (Å²) in [6, 6.07) is 13.2. The zero-order valence-corrected chi connectivity index (χ0v) is 15.9. The molecule has 3 nitrogen and oxygen atoms in total. The van der Waals surface area contributed by atoms with E-state index in [1.54, 1.807) is 23.9 Å². The van der Waals surface area contributed by atoms with Gasteiger partial charge >= 0.3 is 0 Å². The van der Waals surface area contributed by atoms with Crippen molar-refractivity contribution in [2.75, 3.05) is 0 Å². The molecule has 24 heavy (non-hydrogen) atoms. The predicted molar refractivity (Wildman–Crippen MR) is 102 cm³/mol. The first kappa shape index (κ1) is 17.6. The summed E-state index contributed by atoms with van der Waals surface area (Å²) in [4.78, 5) is 0. The lowest BCUT2D eigenvalue weighted by Gasteiger charge is -2.09. The quantitative estimate of drug-likeness (QED) is 0.478. The van der Waals surface area contributed by atoms with E-state index in [1.165, 1.54) is 0 Å². The molecule has 1 aromatic heterocycles. The molecule has 0 amide bonds. The number of nitrogens with zero attached hydrogens (tertiary/aromatic N) is 3. The first-order valence-corrected chi connectivity index (χ1v) is 9.47. The molecule has 2 aromatic carbocycles. The number of hydrogen-bond donors (Lipinski definition) is 0. The highest BCUT2D eigenvalue weighted by atomic mass is 35.5. The summed E-state index contributed by atoms with van der Waals surface area (Å²) in [7, 11) is 0. The molecular formula is C17H14Cl3N3S. The number of aromatic nitrogens is 3. The molecule has 0 N–H and O–H groups in total. The van der Waals surface area contributed by atoms with Crippen molar-refractivity contribution in [3.05, 3.63) is 63.1 Å². The third kappa shape index (κ3) is 3.72. The smallest absolute Gasteiger partial charge is 0.191 e. The van der Waals surface area contributed by atoms with Crippen LogP contribution in [0.1, 0.15) is 12.5 Å². The zero-order chi connectivity index (χ0) is 17.1. The topological polar surface area (TPSA) is 30.7 Å². The van der Waals surface area contributed by atoms with Gasteiger partial charge in [0.1, 0.15) is 0 Å². The normalized spacial score (nSPS) is 11.0. The summed E-state index contributed by atoms with van der Waals surface area (Å²) in [5, 5.41) is 11.4. The molecule has 3 rings (SSSR count). The SMILES string of the molecule is CCn1c(SCc2ccccc2Cl)nnc1-c1ccc(Cl)cc1Cl. The number of benzene rings is 2. The van der Waals surface area contributed by atoms with Crippen LogP contribution in [-0.2, 0) is 12.3 Å². The van der Waals surface area contributed by atoms with Gasteiger partial charge in [-0.05, 0) is 36.8 Å². The van der Waals surface area contributed by atoms with E-state index in [-0.39, 0.29) is 0 Å². The minimum atomic E-state index is 0.562. The van der Waals surface area contributed by atoms with Crippen LogP contribution in [0.2, 0.25) is 15.1 Å². The molecule has 3 aromatic rings. The number of rotatable bonds is 5. The monoisotopic (exact) mass is 397 g/mol. The molecule has 0 aliphatic heterocycles. The molecule has 0 unspecified atom stereocenters. The van der Waals surface area contributed by atoms with Crippen LogP contribution in [-0.4, -0.2) is 14.8 Å². The van der Waals surface area contributed by atoms with E-state index in [9.17, 15) is 0 Å². The highest BCUT2D eigenvalue weighted by molar-refractivity contribution is 7.98. The minimum Gasteiger partial charge on any atom is -0.302 e. The average molecular weight is 399 g/mol. The third-order valence-corrected chi connectivity index (χ3v) is 5.45. The molecule has 0 saturated heterocycles. The average Bonchev–Trinajstić information content (AvgIpc) is 2.97. The lowest BCUT2D eigenvalue weighted by Crippen LogP contribution is -2.00. The Balaban J connectivity index is 1.88. The Morgan fingerprint density at radius 3 is 2.50 bits per heavy atom. The van der Waals surface area contributed by atoms with Crippen LogP contribution >= 0.6 is 46.6 Å². The van der Waals surface area contributed by atoms with Crippen molar-refractivity contribution < 1.29 is 0 Å². The van der Waals surface area contributed by atoms with Gasteiger partial charge in [-0.1, -0.05) is 64.8 Å². The number of halogens is 3. The maximum atomic E-state index is 6.31. The lowest BCUT2D eigenvalue weighted by molar-refractivity contribution is 0.687. The van der Waals surface area contributed by atoms with Crippen LogP contribution in [0, 0.1) is 0 Å². The van der Waals surface area contributed by atoms with Gasteiger partial charge in [0.15, 0.2) is 11.0 Å². The molecule has 7 heteroatoms. The van der Waals surface area contributed by atoms with Crippen LogP contribution in [0.15, 0.2) is 47.6 Å². The molecule has 1 heterocycles. The van der Waals surface area contributed by atoms with Crippen molar-refractivity contribution in [2.24, 2.45) is 0 Å². The molecule has 0 fully saturated rings. The second kappa shape index (κ2) is 7.79. The molecule has 0 aliphatic rings. The lowest BCUT2D eigenvalue weighted by atomic mass is 10.2. The van der Waals surface area contributed by atoms with Gasteiger partial charge in [-0.3, -0.25) is 0 Å². The molecule has 0 aliphatic carbocycles. The molecule has 124 valence electrons. The van der Waals surface area contributed by atoms with Gasteiger partial charge in [0.05, 0.1) is 5.02 Å². The Labute approximate surface area is 160 Å². The van der Waals surface area contributed by atoms with Crippen LogP contribution in [0.4, 0.5) is 0 Å². The maximum Gasteiger partial charge on any atom is 0.191 e. The molecule has 0 atom stereocenters. The summed E-state index contributed by atoms with van der Waals surface area (Å²) in [6.45, 7) is 2.79. The van der Waals surface area contributed by atoms with Crippen LogP contribution < -0.4 is 0 Å². The largest absolute Gasteiger partial charge is 0.302 e. The fourth-order valence-corrected chi connectivity index (χ4v) is 4.09. The second-order valence-corrected chi connectivity index (χ2v) is 7.25. The second-order valence-electron chi connectivity index (χ2n) is 5.05. The van der Waals surface area contributed by atoms with E-state index in [2.05, 4.69) is 17.1 Å². The number of thioether (sulfide) groups is 1. The van der Waals surface area contributed by atoms with Crippen molar-refractivity contribution in [3.8, 4) is 11.4 Å². The van der Waals surface area contributed by atoms with E-state index in [4.69, 9.17) is 34.8 Å². The van der Waals surface area contributed by atoms with Crippen LogP contribution in [0.5, 0.6) is 0 Å². The van der Waals surface area contributed by atoms with Crippen molar-refractivity contribution in [2.45, 2.75) is 24.4 Å². The van der Waals surface area contributed by atoms with E-state index < -0.39 is 0 Å². The van der Waals surface area contributed by atoms with Gasteiger partial charge in [0, 0.05) is 27.9 Å². The Hall–Kier alpha value is -1.20. The fourth-order valence-electron chi connectivity index (χ4n) is 2.31. The highest BCUT2D eigenvalue weighted by Crippen LogP contribution is 2.32. The first-order chi connectivity index (χ1) is 11.6. The summed E-state index contributed by atoms with van der Waals surface area (Å²) in [5.41, 5.74) is 1.89. The molecular weight excluding hydrogens is 385 g/mol. The summed E-state index contributed by atoms with van der Waals surface area (Å²) < 4.78 is 2.04. The van der Waals surface area contributed by atoms with Crippen molar-refractivity contribution in [1.29, 1.82) is 0 Å². The fraction of sp³-hybridized carbons (Fsp3) is 0.176. The Kier molecular flexibility index (Phi) is 5.72. The Morgan fingerprint density at radius 1 is 1.00 bits per heavy atom. The highest BCUT2D eigenvalue weighted by Gasteiger charge is 2.16. The van der Waals surface area contributed by atoms with Crippen molar-refractivity contribution in [3.63, 3.8) is 0 Å². The van der Waals surface area contributed by atoms with Crippen LogP contribution in [0.3, 0.4) is 0 Å². The standard InChI is InChI=1S/C17H14Cl3N3S/c1-2-23-16(13-8-7-12(18)9-15(13)20)21-22-17(23)24-10-11-5-3-4-6-14(11)19/h3-9H,2,10H2,1H3. The van der Waals surface area contributed by atoms with Gasteiger partial charge < -0.3 is 4.57 Å². The van der Waals surface area contributed by atoms with E-state index in [0.29, 0.717) is 10.0 Å². The Bertz CT molecular complexity index is 864. The molecule has 0 bridgehead atoms. The van der Waals surface area contributed by atoms with E-state index >= 15 is 0 Å². The van der Waals surface area contributed by atoms with Gasteiger partial charge in [0.25, 0.3) is 0 Å². The van der Waals surface area contributed by atoms with E-state index in [0.717, 1.165) is 39.4 Å². The minimum absolute atomic E-state index is 0.562. The summed E-state index contributed by atoms with van der Waals surface area (Å²) >= 11 is 20.1. The van der Waals surface area contributed by atoms with Gasteiger partial charge in [-0.15, -0.1) is 10.2 Å². The van der Waals surface area contributed by atoms with Gasteiger partial charge in [-0.25, -0.2) is 0 Å². The van der Waals surface area contributed by atoms with Crippen LogP contribution in [0.25, 0.3) is 11.4 Å². The third-order valence-electron chi connectivity index (χ3n) is 3.52. The van der Waals surface area contributed by atoms with Crippen molar-refractivity contribution >= 4 is 46.6 Å². The molecule has 0 spiro atoms. The zero-order valence-electron chi connectivity index (χ0n) is 12.8. The summed E-state index contributed by atoms with van der Waals surface area (Å²) in [6.07, 6.45) is 0. The Morgan fingerprint density at radius 2 is 1.79 bits per heavy atom. The van der Waals surface area contributed by atoms with Crippen molar-refractivity contribution in [1.82, 2.24) is 14.8 Å². The van der Waals surface area contributed by atoms with Gasteiger partial charge in [-0.2, -0.15) is 0 Å². The van der Waals surface area contributed by atoms with E-state index in [1.807, 2.05) is 34.9 Å².